The van der Waals surface area contributed by atoms with Crippen molar-refractivity contribution >= 4 is 21.7 Å². The molecule has 3 aromatic rings. The van der Waals surface area contributed by atoms with E-state index in [9.17, 15) is 18.3 Å². The zero-order valence-corrected chi connectivity index (χ0v) is 19.9. The Morgan fingerprint density at radius 1 is 1.29 bits per heavy atom. The van der Waals surface area contributed by atoms with E-state index in [2.05, 4.69) is 25.5 Å². The quantitative estimate of drug-likeness (QED) is 0.490. The lowest BCUT2D eigenvalue weighted by atomic mass is 10.0. The van der Waals surface area contributed by atoms with Crippen LogP contribution >= 0.6 is 0 Å². The molecule has 1 atom stereocenters. The standard InChI is InChI=1S/C22H27N7O4S/c1-3-9-34(32,33)28-8-7-16-11-23-19(10-17(16)12-28)22(31)26-20-6-4-5-18(25-20)21-27-24-14-29(21)15(2)13-30/h4-6,10-11,14-15,30H,3,7-9,12-13H2,1-2H3,(H,25,26,31)/t15-/m1/s1. The number of hydrogen-bond donors (Lipinski definition) is 2. The van der Waals surface area contributed by atoms with Gasteiger partial charge in [-0.25, -0.2) is 13.4 Å². The van der Waals surface area contributed by atoms with Gasteiger partial charge in [0.15, 0.2) is 5.82 Å². The van der Waals surface area contributed by atoms with Gasteiger partial charge in [-0.05, 0) is 49.1 Å². The average molecular weight is 486 g/mol. The number of nitrogens with zero attached hydrogens (tertiary/aromatic N) is 6. The Morgan fingerprint density at radius 3 is 2.88 bits per heavy atom. The fraction of sp³-hybridized carbons (Fsp3) is 0.409. The summed E-state index contributed by atoms with van der Waals surface area (Å²) in [5.41, 5.74) is 2.39. The van der Waals surface area contributed by atoms with Crippen LogP contribution in [0.5, 0.6) is 0 Å². The molecule has 34 heavy (non-hydrogen) atoms. The maximum Gasteiger partial charge on any atom is 0.275 e. The molecule has 0 unspecified atom stereocenters. The van der Waals surface area contributed by atoms with E-state index >= 15 is 0 Å². The molecule has 0 radical (unpaired) electrons. The molecular formula is C22H27N7O4S. The van der Waals surface area contributed by atoms with Crippen molar-refractivity contribution in [1.29, 1.82) is 0 Å². The molecule has 0 bridgehead atoms. The first-order valence-corrected chi connectivity index (χ1v) is 12.7. The maximum atomic E-state index is 12.9. The topological polar surface area (TPSA) is 143 Å². The van der Waals surface area contributed by atoms with Crippen LogP contribution < -0.4 is 5.32 Å². The fourth-order valence-corrected chi connectivity index (χ4v) is 5.29. The molecule has 0 aliphatic carbocycles. The number of aliphatic hydroxyl groups is 1. The van der Waals surface area contributed by atoms with Crippen molar-refractivity contribution in [1.82, 2.24) is 29.0 Å². The van der Waals surface area contributed by atoms with Crippen LogP contribution in [0.15, 0.2) is 36.8 Å². The first-order chi connectivity index (χ1) is 16.3. The number of carbonyl (C=O) groups is 1. The summed E-state index contributed by atoms with van der Waals surface area (Å²) in [4.78, 5) is 21.6. The van der Waals surface area contributed by atoms with Gasteiger partial charge < -0.3 is 15.0 Å². The number of carbonyl (C=O) groups excluding carboxylic acids is 1. The van der Waals surface area contributed by atoms with Crippen LogP contribution in [0.1, 0.15) is 47.9 Å². The summed E-state index contributed by atoms with van der Waals surface area (Å²) in [6.45, 7) is 4.23. The number of hydrogen-bond acceptors (Lipinski definition) is 8. The predicted molar refractivity (Wildman–Crippen MR) is 125 cm³/mol. The second kappa shape index (κ2) is 9.95. The minimum atomic E-state index is -3.32. The Kier molecular flexibility index (Phi) is 7.00. The van der Waals surface area contributed by atoms with E-state index in [1.807, 2.05) is 13.8 Å². The summed E-state index contributed by atoms with van der Waals surface area (Å²) in [5.74, 6) is 0.428. The molecule has 0 saturated carbocycles. The minimum absolute atomic E-state index is 0.0807. The lowest BCUT2D eigenvalue weighted by Gasteiger charge is -2.28. The van der Waals surface area contributed by atoms with Gasteiger partial charge in [0.25, 0.3) is 5.91 Å². The Balaban J connectivity index is 1.53. The molecule has 1 aliphatic rings. The third kappa shape index (κ3) is 4.98. The van der Waals surface area contributed by atoms with Crippen LogP contribution in [-0.2, 0) is 23.0 Å². The normalized spacial score (nSPS) is 15.0. The Bertz CT molecular complexity index is 1290. The largest absolute Gasteiger partial charge is 0.394 e. The molecule has 11 nitrogen and oxygen atoms in total. The van der Waals surface area contributed by atoms with Gasteiger partial charge in [0.1, 0.15) is 23.5 Å². The zero-order valence-electron chi connectivity index (χ0n) is 19.0. The average Bonchev–Trinajstić information content (AvgIpc) is 3.33. The van der Waals surface area contributed by atoms with Gasteiger partial charge in [0.2, 0.25) is 10.0 Å². The van der Waals surface area contributed by atoms with Crippen molar-refractivity contribution < 1.29 is 18.3 Å². The second-order valence-electron chi connectivity index (χ2n) is 8.19. The van der Waals surface area contributed by atoms with Crippen LogP contribution in [0.25, 0.3) is 11.5 Å². The first-order valence-electron chi connectivity index (χ1n) is 11.1. The number of sulfonamides is 1. The molecule has 0 fully saturated rings. The highest BCUT2D eigenvalue weighted by Crippen LogP contribution is 2.23. The molecule has 180 valence electrons. The summed E-state index contributed by atoms with van der Waals surface area (Å²) < 4.78 is 28.1. The van der Waals surface area contributed by atoms with E-state index in [1.165, 1.54) is 10.6 Å². The van der Waals surface area contributed by atoms with Gasteiger partial charge in [-0.1, -0.05) is 13.0 Å². The number of fused-ring (bicyclic) bond motifs is 1. The monoisotopic (exact) mass is 485 g/mol. The fourth-order valence-electron chi connectivity index (χ4n) is 3.81. The highest BCUT2D eigenvalue weighted by atomic mass is 32.2. The molecule has 1 aliphatic heterocycles. The SMILES string of the molecule is CCCS(=O)(=O)N1CCc2cnc(C(=O)Nc3cccc(-c4nncn4[C@H](C)CO)n3)cc2C1. The Morgan fingerprint density at radius 2 is 2.12 bits per heavy atom. The number of rotatable bonds is 8. The Hall–Kier alpha value is -3.22. The molecule has 1 amide bonds. The van der Waals surface area contributed by atoms with E-state index in [4.69, 9.17) is 0 Å². The zero-order chi connectivity index (χ0) is 24.3. The third-order valence-corrected chi connectivity index (χ3v) is 7.70. The van der Waals surface area contributed by atoms with Crippen LogP contribution in [0.3, 0.4) is 0 Å². The first kappa shape index (κ1) is 23.9. The van der Waals surface area contributed by atoms with Crippen molar-refractivity contribution in [2.75, 3.05) is 24.2 Å². The summed E-state index contributed by atoms with van der Waals surface area (Å²) in [6.07, 6.45) is 4.27. The van der Waals surface area contributed by atoms with Crippen LogP contribution in [-0.4, -0.2) is 67.4 Å². The molecule has 4 rings (SSSR count). The number of nitrogens with one attached hydrogen (secondary N) is 1. The minimum Gasteiger partial charge on any atom is -0.394 e. The van der Waals surface area contributed by atoms with E-state index in [0.717, 1.165) is 11.1 Å². The van der Waals surface area contributed by atoms with Crippen molar-refractivity contribution in [2.24, 2.45) is 0 Å². The lowest BCUT2D eigenvalue weighted by molar-refractivity contribution is 0.102. The van der Waals surface area contributed by atoms with E-state index in [0.29, 0.717) is 36.7 Å². The van der Waals surface area contributed by atoms with Gasteiger partial charge in [0, 0.05) is 19.3 Å². The summed E-state index contributed by atoms with van der Waals surface area (Å²) in [6, 6.07) is 6.53. The number of anilines is 1. The molecule has 12 heteroatoms. The Labute approximate surface area is 197 Å². The lowest BCUT2D eigenvalue weighted by Crippen LogP contribution is -2.37. The number of pyridine rings is 2. The summed E-state index contributed by atoms with van der Waals surface area (Å²) >= 11 is 0. The highest BCUT2D eigenvalue weighted by Gasteiger charge is 2.27. The third-order valence-electron chi connectivity index (χ3n) is 5.68. The van der Waals surface area contributed by atoms with Crippen LogP contribution in [0.4, 0.5) is 5.82 Å². The molecule has 0 saturated heterocycles. The van der Waals surface area contributed by atoms with Gasteiger partial charge >= 0.3 is 0 Å². The van der Waals surface area contributed by atoms with E-state index in [1.54, 1.807) is 35.0 Å². The number of amides is 1. The van der Waals surface area contributed by atoms with Gasteiger partial charge in [-0.3, -0.25) is 9.78 Å². The van der Waals surface area contributed by atoms with Crippen molar-refractivity contribution in [3.8, 4) is 11.5 Å². The highest BCUT2D eigenvalue weighted by molar-refractivity contribution is 7.89. The molecule has 0 spiro atoms. The van der Waals surface area contributed by atoms with Crippen LogP contribution in [0.2, 0.25) is 0 Å². The number of aliphatic hydroxyl groups excluding tert-OH is 1. The van der Waals surface area contributed by atoms with E-state index < -0.39 is 15.9 Å². The van der Waals surface area contributed by atoms with Crippen LogP contribution in [0, 0.1) is 0 Å². The van der Waals surface area contributed by atoms with Crippen molar-refractivity contribution in [2.45, 2.75) is 39.3 Å². The molecule has 3 aromatic heterocycles. The smallest absolute Gasteiger partial charge is 0.275 e. The number of aromatic nitrogens is 5. The second-order valence-corrected chi connectivity index (χ2v) is 10.3. The molecular weight excluding hydrogens is 458 g/mol. The van der Waals surface area contributed by atoms with E-state index in [-0.39, 0.29) is 30.6 Å². The molecule has 4 heterocycles. The van der Waals surface area contributed by atoms with Crippen molar-refractivity contribution in [3.63, 3.8) is 0 Å². The van der Waals surface area contributed by atoms with Gasteiger partial charge in [0.05, 0.1) is 18.4 Å². The predicted octanol–water partition coefficient (Wildman–Crippen LogP) is 1.64. The van der Waals surface area contributed by atoms with Gasteiger partial charge in [-0.15, -0.1) is 10.2 Å². The summed E-state index contributed by atoms with van der Waals surface area (Å²) in [7, 11) is -3.32. The summed E-state index contributed by atoms with van der Waals surface area (Å²) in [5, 5.41) is 20.2. The maximum absolute atomic E-state index is 12.9. The molecule has 0 aromatic carbocycles. The van der Waals surface area contributed by atoms with Crippen molar-refractivity contribution in [3.05, 3.63) is 53.6 Å². The molecule has 2 N–H and O–H groups in total. The van der Waals surface area contributed by atoms with Gasteiger partial charge in [-0.2, -0.15) is 4.31 Å².